The van der Waals surface area contributed by atoms with Gasteiger partial charge in [-0.1, -0.05) is 0 Å². The van der Waals surface area contributed by atoms with Crippen molar-refractivity contribution in [3.8, 4) is 0 Å². The number of nitrogens with zero attached hydrogens (tertiary/aromatic N) is 1. The van der Waals surface area contributed by atoms with Crippen molar-refractivity contribution in [3.63, 3.8) is 0 Å². The average molecular weight is 242 g/mol. The third-order valence-electron chi connectivity index (χ3n) is 2.25. The molecule has 0 aromatic carbocycles. The summed E-state index contributed by atoms with van der Waals surface area (Å²) in [6.07, 6.45) is 0.812. The first-order valence-electron chi connectivity index (χ1n) is 4.75. The number of ether oxygens (including phenoxy) is 1. The molecule has 2 rings (SSSR count). The quantitative estimate of drug-likeness (QED) is 0.815. The number of carbonyl (C=O) groups excluding carboxylic acids is 1. The Morgan fingerprint density at radius 3 is 2.81 bits per heavy atom. The highest BCUT2D eigenvalue weighted by atomic mass is 32.1. The molecule has 0 aliphatic carbocycles. The minimum absolute atomic E-state index is 0.335. The van der Waals surface area contributed by atoms with E-state index in [1.54, 1.807) is 11.6 Å². The highest BCUT2D eigenvalue weighted by Gasteiger charge is 2.34. The van der Waals surface area contributed by atoms with Crippen LogP contribution in [0.1, 0.15) is 12.8 Å². The second-order valence-electron chi connectivity index (χ2n) is 3.36. The SMILES string of the molecule is O=C(O)C1CCC(C(=O)Nc2nccs2)O1. The molecule has 1 aliphatic heterocycles. The van der Waals surface area contributed by atoms with Crippen LogP contribution < -0.4 is 5.32 Å². The van der Waals surface area contributed by atoms with Crippen LogP contribution in [0.15, 0.2) is 11.6 Å². The van der Waals surface area contributed by atoms with E-state index in [1.807, 2.05) is 0 Å². The highest BCUT2D eigenvalue weighted by molar-refractivity contribution is 7.13. The maximum atomic E-state index is 11.6. The van der Waals surface area contributed by atoms with Crippen LogP contribution in [0, 0.1) is 0 Å². The van der Waals surface area contributed by atoms with E-state index in [4.69, 9.17) is 9.84 Å². The van der Waals surface area contributed by atoms with E-state index in [0.29, 0.717) is 18.0 Å². The van der Waals surface area contributed by atoms with Gasteiger partial charge in [0.25, 0.3) is 5.91 Å². The number of thiazole rings is 1. The number of hydrogen-bond acceptors (Lipinski definition) is 5. The molecular formula is C9H10N2O4S. The summed E-state index contributed by atoms with van der Waals surface area (Å²) >= 11 is 1.30. The van der Waals surface area contributed by atoms with Gasteiger partial charge in [-0.25, -0.2) is 9.78 Å². The molecule has 6 nitrogen and oxygen atoms in total. The number of carboxylic acids is 1. The van der Waals surface area contributed by atoms with Crippen molar-refractivity contribution in [3.05, 3.63) is 11.6 Å². The van der Waals surface area contributed by atoms with Crippen LogP contribution >= 0.6 is 11.3 Å². The second kappa shape index (κ2) is 4.58. The van der Waals surface area contributed by atoms with Crippen LogP contribution in [0.3, 0.4) is 0 Å². The maximum absolute atomic E-state index is 11.6. The molecule has 1 aromatic heterocycles. The number of aliphatic carboxylic acids is 1. The molecule has 7 heteroatoms. The molecule has 2 N–H and O–H groups in total. The summed E-state index contributed by atoms with van der Waals surface area (Å²) in [5.41, 5.74) is 0. The van der Waals surface area contributed by atoms with Crippen molar-refractivity contribution in [2.45, 2.75) is 25.0 Å². The number of amides is 1. The molecule has 1 amide bonds. The van der Waals surface area contributed by atoms with E-state index < -0.39 is 18.2 Å². The summed E-state index contributed by atoms with van der Waals surface area (Å²) in [5.74, 6) is -1.36. The maximum Gasteiger partial charge on any atom is 0.332 e. The number of rotatable bonds is 3. The van der Waals surface area contributed by atoms with Crippen LogP contribution in [-0.4, -0.2) is 34.2 Å². The fourth-order valence-corrected chi connectivity index (χ4v) is 2.01. The molecule has 0 bridgehead atoms. The molecule has 2 atom stereocenters. The molecule has 16 heavy (non-hydrogen) atoms. The third-order valence-corrected chi connectivity index (χ3v) is 2.94. The first kappa shape index (κ1) is 11.0. The van der Waals surface area contributed by atoms with Crippen LogP contribution in [0.25, 0.3) is 0 Å². The minimum Gasteiger partial charge on any atom is -0.479 e. The Kier molecular flexibility index (Phi) is 3.16. The fourth-order valence-electron chi connectivity index (χ4n) is 1.48. The van der Waals surface area contributed by atoms with Gasteiger partial charge >= 0.3 is 5.97 Å². The molecule has 1 aromatic rings. The van der Waals surface area contributed by atoms with Gasteiger partial charge in [-0.05, 0) is 12.8 Å². The second-order valence-corrected chi connectivity index (χ2v) is 4.25. The lowest BCUT2D eigenvalue weighted by Crippen LogP contribution is -2.29. The predicted octanol–water partition coefficient (Wildman–Crippen LogP) is 0.714. The zero-order chi connectivity index (χ0) is 11.5. The molecule has 0 spiro atoms. The van der Waals surface area contributed by atoms with Gasteiger partial charge in [-0.3, -0.25) is 10.1 Å². The molecule has 86 valence electrons. The van der Waals surface area contributed by atoms with Gasteiger partial charge in [-0.15, -0.1) is 11.3 Å². The van der Waals surface area contributed by atoms with Gasteiger partial charge in [0.05, 0.1) is 0 Å². The normalized spacial score (nSPS) is 24.2. The van der Waals surface area contributed by atoms with Gasteiger partial charge < -0.3 is 9.84 Å². The first-order chi connectivity index (χ1) is 7.66. The zero-order valence-corrected chi connectivity index (χ0v) is 9.07. The van der Waals surface area contributed by atoms with E-state index in [1.165, 1.54) is 11.3 Å². The van der Waals surface area contributed by atoms with Crippen molar-refractivity contribution in [1.29, 1.82) is 0 Å². The lowest BCUT2D eigenvalue weighted by atomic mass is 10.2. The third kappa shape index (κ3) is 2.37. The number of carbonyl (C=O) groups is 2. The largest absolute Gasteiger partial charge is 0.479 e. The Morgan fingerprint density at radius 1 is 1.50 bits per heavy atom. The number of nitrogens with one attached hydrogen (secondary N) is 1. The number of aromatic nitrogens is 1. The van der Waals surface area contributed by atoms with E-state index in [2.05, 4.69) is 10.3 Å². The van der Waals surface area contributed by atoms with Crippen molar-refractivity contribution >= 4 is 28.3 Å². The minimum atomic E-state index is -1.02. The van der Waals surface area contributed by atoms with Crippen molar-refractivity contribution in [1.82, 2.24) is 4.98 Å². The number of carboxylic acid groups (broad SMARTS) is 1. The van der Waals surface area contributed by atoms with Crippen LogP contribution in [0.4, 0.5) is 5.13 Å². The molecule has 1 fully saturated rings. The average Bonchev–Trinajstić information content (AvgIpc) is 2.86. The lowest BCUT2D eigenvalue weighted by Gasteiger charge is -2.09. The van der Waals surface area contributed by atoms with Gasteiger partial charge in [0.15, 0.2) is 11.2 Å². The zero-order valence-electron chi connectivity index (χ0n) is 8.25. The van der Waals surface area contributed by atoms with Crippen molar-refractivity contribution in [2.75, 3.05) is 5.32 Å². The number of hydrogen-bond donors (Lipinski definition) is 2. The summed E-state index contributed by atoms with van der Waals surface area (Å²) in [6.45, 7) is 0. The molecule has 2 heterocycles. The van der Waals surface area contributed by atoms with E-state index in [0.717, 1.165) is 0 Å². The Bertz CT molecular complexity index is 392. The summed E-state index contributed by atoms with van der Waals surface area (Å²) in [4.78, 5) is 26.1. The monoisotopic (exact) mass is 242 g/mol. The van der Waals surface area contributed by atoms with Gasteiger partial charge in [0.2, 0.25) is 0 Å². The molecule has 0 radical (unpaired) electrons. The Morgan fingerprint density at radius 2 is 2.25 bits per heavy atom. The van der Waals surface area contributed by atoms with Crippen LogP contribution in [0.2, 0.25) is 0 Å². The molecule has 1 aliphatic rings. The molecule has 2 unspecified atom stereocenters. The van der Waals surface area contributed by atoms with E-state index in [9.17, 15) is 9.59 Å². The topological polar surface area (TPSA) is 88.5 Å². The Hall–Kier alpha value is -1.47. The van der Waals surface area contributed by atoms with Gasteiger partial charge in [0.1, 0.15) is 6.10 Å². The summed E-state index contributed by atoms with van der Waals surface area (Å²) in [5, 5.41) is 13.5. The molecular weight excluding hydrogens is 232 g/mol. The Balaban J connectivity index is 1.90. The molecule has 0 saturated carbocycles. The highest BCUT2D eigenvalue weighted by Crippen LogP contribution is 2.21. The smallest absolute Gasteiger partial charge is 0.332 e. The number of anilines is 1. The van der Waals surface area contributed by atoms with Crippen molar-refractivity contribution in [2.24, 2.45) is 0 Å². The summed E-state index contributed by atoms with van der Waals surface area (Å²) in [7, 11) is 0. The van der Waals surface area contributed by atoms with Gasteiger partial charge in [-0.2, -0.15) is 0 Å². The molecule has 1 saturated heterocycles. The summed E-state index contributed by atoms with van der Waals surface area (Å²) in [6, 6.07) is 0. The van der Waals surface area contributed by atoms with Crippen LogP contribution in [0.5, 0.6) is 0 Å². The standard InChI is InChI=1S/C9H10N2O4S/c12-7(11-9-10-3-4-16-9)5-1-2-6(15-5)8(13)14/h3-6H,1-2H2,(H,13,14)(H,10,11,12). The predicted molar refractivity (Wildman–Crippen MR) is 56.3 cm³/mol. The lowest BCUT2D eigenvalue weighted by molar-refractivity contribution is -0.150. The van der Waals surface area contributed by atoms with Gasteiger partial charge in [0, 0.05) is 11.6 Å². The van der Waals surface area contributed by atoms with Crippen LogP contribution in [-0.2, 0) is 14.3 Å². The van der Waals surface area contributed by atoms with E-state index in [-0.39, 0.29) is 5.91 Å². The summed E-state index contributed by atoms with van der Waals surface area (Å²) < 4.78 is 5.10. The van der Waals surface area contributed by atoms with Crippen molar-refractivity contribution < 1.29 is 19.4 Å². The first-order valence-corrected chi connectivity index (χ1v) is 5.63. The Labute approximate surface area is 95.3 Å². The van der Waals surface area contributed by atoms with E-state index >= 15 is 0 Å². The fraction of sp³-hybridized carbons (Fsp3) is 0.444.